The number of carbonyl (C=O) groups is 1. The molecular weight excluding hydrogens is 314 g/mol. The summed E-state index contributed by atoms with van der Waals surface area (Å²) in [6.45, 7) is 7.01. The molecule has 0 spiro atoms. The largest absolute Gasteiger partial charge is 0.444 e. The van der Waals surface area contributed by atoms with Crippen LogP contribution < -0.4 is 0 Å². The molecule has 1 amide bonds. The van der Waals surface area contributed by atoms with Crippen molar-refractivity contribution in [2.45, 2.75) is 58.5 Å². The zero-order valence-electron chi connectivity index (χ0n) is 13.1. The number of likely N-dealkylation sites (tertiary alicyclic amines) is 1. The molecule has 1 aliphatic rings. The summed E-state index contributed by atoms with van der Waals surface area (Å²) in [6, 6.07) is 0. The van der Waals surface area contributed by atoms with E-state index in [9.17, 15) is 13.2 Å². The smallest absolute Gasteiger partial charge is 0.410 e. The van der Waals surface area contributed by atoms with Gasteiger partial charge in [-0.25, -0.2) is 13.2 Å². The Hall–Kier alpha value is -0.490. The van der Waals surface area contributed by atoms with Crippen molar-refractivity contribution in [3.8, 4) is 0 Å². The Morgan fingerprint density at radius 3 is 2.57 bits per heavy atom. The van der Waals surface area contributed by atoms with Crippen molar-refractivity contribution >= 4 is 25.8 Å². The first-order chi connectivity index (χ1) is 9.57. The predicted octanol–water partition coefficient (Wildman–Crippen LogP) is 3.37. The third kappa shape index (κ3) is 8.51. The lowest BCUT2D eigenvalue weighted by Crippen LogP contribution is -2.42. The summed E-state index contributed by atoms with van der Waals surface area (Å²) >= 11 is 0. The van der Waals surface area contributed by atoms with Gasteiger partial charge in [0.1, 0.15) is 5.60 Å². The highest BCUT2D eigenvalue weighted by Crippen LogP contribution is 2.23. The van der Waals surface area contributed by atoms with Crippen LogP contribution in [0.5, 0.6) is 0 Å². The monoisotopic (exact) mass is 339 g/mol. The molecule has 1 rings (SSSR count). The van der Waals surface area contributed by atoms with Crippen LogP contribution in [0.25, 0.3) is 0 Å². The minimum Gasteiger partial charge on any atom is -0.444 e. The van der Waals surface area contributed by atoms with Crippen molar-refractivity contribution in [2.75, 3.05) is 18.8 Å². The summed E-state index contributed by atoms with van der Waals surface area (Å²) in [6.07, 6.45) is 4.11. The van der Waals surface area contributed by atoms with E-state index in [-0.39, 0.29) is 11.8 Å². The molecule has 1 saturated heterocycles. The van der Waals surface area contributed by atoms with Gasteiger partial charge >= 0.3 is 6.09 Å². The fraction of sp³-hybridized carbons (Fsp3) is 0.929. The number of hydrogen-bond donors (Lipinski definition) is 0. The molecule has 1 aliphatic heterocycles. The Kier molecular flexibility index (Phi) is 6.78. The molecule has 0 aromatic carbocycles. The average molecular weight is 340 g/mol. The van der Waals surface area contributed by atoms with Gasteiger partial charge in [0, 0.05) is 23.8 Å². The van der Waals surface area contributed by atoms with Gasteiger partial charge in [-0.05, 0) is 52.4 Å². The molecule has 0 saturated carbocycles. The fourth-order valence-electron chi connectivity index (χ4n) is 2.50. The maximum Gasteiger partial charge on any atom is 0.410 e. The van der Waals surface area contributed by atoms with Crippen LogP contribution in [0.4, 0.5) is 4.79 Å². The molecular formula is C14H26ClNO4S. The number of amides is 1. The van der Waals surface area contributed by atoms with Crippen molar-refractivity contribution in [3.63, 3.8) is 0 Å². The second-order valence-electron chi connectivity index (χ2n) is 6.67. The lowest BCUT2D eigenvalue weighted by Gasteiger charge is -2.34. The summed E-state index contributed by atoms with van der Waals surface area (Å²) in [5.74, 6) is 0.446. The van der Waals surface area contributed by atoms with Crippen molar-refractivity contribution < 1.29 is 17.9 Å². The van der Waals surface area contributed by atoms with Gasteiger partial charge < -0.3 is 9.64 Å². The van der Waals surface area contributed by atoms with Gasteiger partial charge in [0.25, 0.3) is 0 Å². The number of halogens is 1. The number of unbranched alkanes of at least 4 members (excludes halogenated alkanes) is 1. The molecule has 5 nitrogen and oxygen atoms in total. The average Bonchev–Trinajstić information content (AvgIpc) is 2.32. The molecule has 0 aromatic rings. The number of hydrogen-bond acceptors (Lipinski definition) is 4. The number of nitrogens with zero attached hydrogens (tertiary/aromatic N) is 1. The number of ether oxygens (including phenoxy) is 1. The van der Waals surface area contributed by atoms with Crippen LogP contribution in [0.2, 0.25) is 0 Å². The Balaban J connectivity index is 2.33. The first kappa shape index (κ1) is 18.6. The van der Waals surface area contributed by atoms with E-state index in [1.807, 2.05) is 20.8 Å². The van der Waals surface area contributed by atoms with Crippen LogP contribution >= 0.6 is 10.7 Å². The van der Waals surface area contributed by atoms with Gasteiger partial charge in [-0.1, -0.05) is 6.42 Å². The topological polar surface area (TPSA) is 63.7 Å². The molecule has 1 fully saturated rings. The molecule has 0 N–H and O–H groups in total. The van der Waals surface area contributed by atoms with E-state index in [1.54, 1.807) is 4.90 Å². The number of rotatable bonds is 5. The van der Waals surface area contributed by atoms with E-state index in [0.717, 1.165) is 32.2 Å². The van der Waals surface area contributed by atoms with Gasteiger partial charge in [-0.2, -0.15) is 0 Å². The van der Waals surface area contributed by atoms with Crippen molar-refractivity contribution in [1.29, 1.82) is 0 Å². The highest BCUT2D eigenvalue weighted by atomic mass is 35.7. The van der Waals surface area contributed by atoms with E-state index in [0.29, 0.717) is 18.9 Å². The molecule has 0 radical (unpaired) electrons. The number of carbonyl (C=O) groups excluding carboxylic acids is 1. The summed E-state index contributed by atoms with van der Waals surface area (Å²) in [4.78, 5) is 13.8. The third-order valence-electron chi connectivity index (χ3n) is 3.42. The predicted molar refractivity (Wildman–Crippen MR) is 84.0 cm³/mol. The van der Waals surface area contributed by atoms with E-state index < -0.39 is 14.7 Å². The molecule has 1 heterocycles. The summed E-state index contributed by atoms with van der Waals surface area (Å²) in [5.41, 5.74) is -0.473. The Labute approximate surface area is 132 Å². The lowest BCUT2D eigenvalue weighted by atomic mass is 9.93. The van der Waals surface area contributed by atoms with E-state index in [4.69, 9.17) is 15.4 Å². The van der Waals surface area contributed by atoms with Gasteiger partial charge in [0.2, 0.25) is 9.05 Å². The normalized spacial score (nSPS) is 20.4. The Bertz CT molecular complexity index is 444. The van der Waals surface area contributed by atoms with Gasteiger partial charge in [0.15, 0.2) is 0 Å². The number of piperidine rings is 1. The van der Waals surface area contributed by atoms with Crippen molar-refractivity contribution in [1.82, 2.24) is 4.90 Å². The molecule has 124 valence electrons. The standard InChI is InChI=1S/C14H26ClNO4S/c1-14(2,3)20-13(17)16-9-6-8-12(11-16)7-4-5-10-21(15,18)19/h12H,4-11H2,1-3H3. The maximum atomic E-state index is 12.0. The molecule has 7 heteroatoms. The molecule has 0 bridgehead atoms. The minimum atomic E-state index is -3.38. The van der Waals surface area contributed by atoms with Crippen LogP contribution in [0.3, 0.4) is 0 Å². The Morgan fingerprint density at radius 2 is 2.00 bits per heavy atom. The van der Waals surface area contributed by atoms with Gasteiger partial charge in [-0.3, -0.25) is 0 Å². The molecule has 21 heavy (non-hydrogen) atoms. The quantitative estimate of drug-likeness (QED) is 0.569. The van der Waals surface area contributed by atoms with Crippen LogP contribution in [0.1, 0.15) is 52.9 Å². The van der Waals surface area contributed by atoms with Crippen LogP contribution in [-0.2, 0) is 13.8 Å². The summed E-state index contributed by atoms with van der Waals surface area (Å²) in [7, 11) is 1.80. The zero-order chi connectivity index (χ0) is 16.1. The third-order valence-corrected chi connectivity index (χ3v) is 4.66. The van der Waals surface area contributed by atoms with Crippen LogP contribution in [0.15, 0.2) is 0 Å². The second-order valence-corrected chi connectivity index (χ2v) is 9.57. The van der Waals surface area contributed by atoms with E-state index in [2.05, 4.69) is 0 Å². The fourth-order valence-corrected chi connectivity index (χ4v) is 3.38. The highest BCUT2D eigenvalue weighted by molar-refractivity contribution is 8.13. The van der Waals surface area contributed by atoms with Crippen LogP contribution in [0, 0.1) is 5.92 Å². The van der Waals surface area contributed by atoms with Crippen LogP contribution in [-0.4, -0.2) is 43.9 Å². The highest BCUT2D eigenvalue weighted by Gasteiger charge is 2.27. The van der Waals surface area contributed by atoms with Gasteiger partial charge in [-0.15, -0.1) is 0 Å². The molecule has 0 aliphatic carbocycles. The molecule has 1 unspecified atom stereocenters. The minimum absolute atomic E-state index is 0.0249. The maximum absolute atomic E-state index is 12.0. The van der Waals surface area contributed by atoms with Gasteiger partial charge in [0.05, 0.1) is 5.75 Å². The molecule has 1 atom stereocenters. The Morgan fingerprint density at radius 1 is 1.33 bits per heavy atom. The second kappa shape index (κ2) is 7.68. The summed E-state index contributed by atoms with van der Waals surface area (Å²) < 4.78 is 27.1. The van der Waals surface area contributed by atoms with Crippen molar-refractivity contribution in [2.24, 2.45) is 5.92 Å². The summed E-state index contributed by atoms with van der Waals surface area (Å²) in [5, 5.41) is 0. The van der Waals surface area contributed by atoms with E-state index >= 15 is 0 Å². The first-order valence-electron chi connectivity index (χ1n) is 7.47. The zero-order valence-corrected chi connectivity index (χ0v) is 14.7. The first-order valence-corrected chi connectivity index (χ1v) is 9.95. The SMILES string of the molecule is CC(C)(C)OC(=O)N1CCCC(CCCCS(=O)(=O)Cl)C1. The lowest BCUT2D eigenvalue weighted by molar-refractivity contribution is 0.0161. The molecule has 0 aromatic heterocycles. The van der Waals surface area contributed by atoms with Crippen molar-refractivity contribution in [3.05, 3.63) is 0 Å². The van der Waals surface area contributed by atoms with E-state index in [1.165, 1.54) is 0 Å².